The molecule has 2 saturated heterocycles. The van der Waals surface area contributed by atoms with Gasteiger partial charge in [-0.15, -0.1) is 0 Å². The Morgan fingerprint density at radius 2 is 1.31 bits per heavy atom. The first-order chi connectivity index (χ1) is 62.7. The molecule has 2 fully saturated rings. The molecule has 44 heteroatoms. The molecule has 0 aliphatic carbocycles. The van der Waals surface area contributed by atoms with E-state index in [9.17, 15) is 95.8 Å². The van der Waals surface area contributed by atoms with Crippen molar-refractivity contribution in [1.82, 2.24) is 53.2 Å². The van der Waals surface area contributed by atoms with Crippen molar-refractivity contribution in [2.45, 2.75) is 226 Å². The van der Waals surface area contributed by atoms with Gasteiger partial charge in [0.05, 0.1) is 60.1 Å². The highest BCUT2D eigenvalue weighted by Gasteiger charge is 2.53. The molecular weight excluding hydrogens is 1780 g/mol. The third kappa shape index (κ3) is 23.8. The number of phenolic OH excluding ortho intramolecular Hbond substituents is 3. The second kappa shape index (κ2) is 44.7. The first-order valence-electron chi connectivity index (χ1n) is 42.6. The van der Waals surface area contributed by atoms with E-state index in [1.807, 2.05) is 24.3 Å². The zero-order valence-electron chi connectivity index (χ0n) is 72.4. The topological polar surface area (TPSA) is 668 Å². The Labute approximate surface area is 765 Å². The molecule has 7 heterocycles. The van der Waals surface area contributed by atoms with Crippen molar-refractivity contribution in [2.75, 3.05) is 40.0 Å². The fraction of sp³-hybridized carbons (Fsp3) is 0.489. The number of aliphatic hydroxyl groups is 11. The van der Waals surface area contributed by atoms with E-state index in [0.717, 1.165) is 85.5 Å². The minimum Gasteiger partial charge on any atom is -0.507 e. The molecule has 0 unspecified atom stereocenters. The molecule has 6 aromatic rings. The largest absolute Gasteiger partial charge is 0.507 e. The zero-order chi connectivity index (χ0) is 96.2. The number of primary amides is 1. The Bertz CT molecular complexity index is 5160. The monoisotopic (exact) mass is 1890 g/mol. The van der Waals surface area contributed by atoms with Gasteiger partial charge in [-0.1, -0.05) is 87.1 Å². The molecule has 0 radical (unpaired) electrons. The van der Waals surface area contributed by atoms with Crippen LogP contribution in [0.15, 0.2) is 97.1 Å². The number of amides is 8. The standard InChI is InChI=1S/C88H111Cl2N11O31/c1-7-8-9-23-126-44-16-11-39(12-17-44)33-95-88(5)32-61(127-38(4)78(88)116)131-77-74(114)72(112)59(36-103)130-87(77)132-76-57-28-43-29-58(76)129-56-20-15-42(27-49(56)90)69(109)67-84(122)99-65(86(124)125)46-30-53(105)47(34-93-21-10-22-94-85(123)75(115)73(113)71(111)54(106)35-102)70(110)62(46)45-25-40(13-18-52(45)104)63(81(119)101-67)98-82(120)64(43)97-80(118)51(31-60(91)107)96-83(121)66(100-79(117)50(92-6)24-37(2)3)68(108)41-14-19-55(128-57)48(89)26-41/h11-20,25-30,37-38,50-51,54,59,61,63-69,71-75,77-78,87,92-93,95,102-106,108-116H,7-10,21-24,31-36H2,1-6H3,(H2,91,107)(H,94,123)(H,96,121)(H,97,118)(H,98,120)(H,99,122)(H,100,117)(H,101,119)(H,124,125)/t38-,50+,51-,54+,59+,61-,63+,64+,65-,66+,67-,68+,69+,71+,72+,73-,74-,75+,77+,78+,87-,88-/m0/s1. The lowest BCUT2D eigenvalue weighted by Crippen LogP contribution is -2.65. The normalized spacial score (nSPS) is 26.2. The van der Waals surface area contributed by atoms with Crippen LogP contribution in [-0.4, -0.2) is 273 Å². The predicted octanol–water partition coefficient (Wildman–Crippen LogP) is -0.462. The maximum atomic E-state index is 16.5. The second-order valence-corrected chi connectivity index (χ2v) is 34.2. The van der Waals surface area contributed by atoms with Crippen LogP contribution in [0.3, 0.4) is 0 Å². The number of carboxylic acid groups (broad SMARTS) is 1. The van der Waals surface area contributed by atoms with Gasteiger partial charge in [0.2, 0.25) is 53.4 Å². The third-order valence-corrected chi connectivity index (χ3v) is 23.9. The van der Waals surface area contributed by atoms with Crippen LogP contribution in [0.1, 0.15) is 149 Å². The minimum atomic E-state index is -2.44. The van der Waals surface area contributed by atoms with Crippen molar-refractivity contribution in [3.8, 4) is 62.9 Å². The Morgan fingerprint density at radius 1 is 0.674 bits per heavy atom. The summed E-state index contributed by atoms with van der Waals surface area (Å²) in [6.45, 7) is 6.71. The number of nitrogens with two attached hydrogens (primary N) is 1. The van der Waals surface area contributed by atoms with Gasteiger partial charge in [0.1, 0.15) is 114 Å². The van der Waals surface area contributed by atoms with Gasteiger partial charge >= 0.3 is 5.97 Å². The summed E-state index contributed by atoms with van der Waals surface area (Å²) >= 11 is 14.4. The third-order valence-electron chi connectivity index (χ3n) is 23.3. The van der Waals surface area contributed by atoms with E-state index < -0.39 is 297 Å². The maximum Gasteiger partial charge on any atom is 0.330 e. The van der Waals surface area contributed by atoms with Crippen LogP contribution in [0, 0.1) is 5.92 Å². The van der Waals surface area contributed by atoms with Crippen LogP contribution < -0.4 is 77.8 Å². The summed E-state index contributed by atoms with van der Waals surface area (Å²) in [5.74, 6) is -17.7. The number of phenols is 3. The molecule has 13 rings (SSSR count). The van der Waals surface area contributed by atoms with E-state index in [0.29, 0.717) is 12.4 Å². The number of benzene rings is 6. The summed E-state index contributed by atoms with van der Waals surface area (Å²) in [5, 5.41) is 194. The average Bonchev–Trinajstić information content (AvgIpc) is 0.745. The van der Waals surface area contributed by atoms with Crippen molar-refractivity contribution in [2.24, 2.45) is 11.7 Å². The number of aliphatic hydroxyl groups excluding tert-OH is 11. The number of aliphatic carboxylic acids is 1. The van der Waals surface area contributed by atoms with Crippen LogP contribution in [0.4, 0.5) is 0 Å². The van der Waals surface area contributed by atoms with Crippen molar-refractivity contribution in [3.05, 3.63) is 146 Å². The maximum absolute atomic E-state index is 16.5. The molecule has 718 valence electrons. The summed E-state index contributed by atoms with van der Waals surface area (Å²) in [6.07, 6.45) is -24.9. The molecule has 132 heavy (non-hydrogen) atoms. The van der Waals surface area contributed by atoms with E-state index in [-0.39, 0.29) is 61.7 Å². The van der Waals surface area contributed by atoms with Crippen molar-refractivity contribution >= 4 is 76.4 Å². The fourth-order valence-corrected chi connectivity index (χ4v) is 16.3. The molecular formula is C88H111Cl2N11O31. The summed E-state index contributed by atoms with van der Waals surface area (Å²) in [4.78, 5) is 133. The fourth-order valence-electron chi connectivity index (χ4n) is 15.9. The smallest absolute Gasteiger partial charge is 0.330 e. The highest BCUT2D eigenvalue weighted by molar-refractivity contribution is 6.32. The number of carboxylic acids is 1. The lowest BCUT2D eigenvalue weighted by molar-refractivity contribution is -0.334. The molecule has 0 aromatic heterocycles. The van der Waals surface area contributed by atoms with Gasteiger partial charge in [-0.2, -0.15) is 0 Å². The Kier molecular flexibility index (Phi) is 34.4. The van der Waals surface area contributed by atoms with Gasteiger partial charge in [-0.25, -0.2) is 4.79 Å². The molecule has 7 aliphatic rings. The highest BCUT2D eigenvalue weighted by atomic mass is 35.5. The van der Waals surface area contributed by atoms with Crippen molar-refractivity contribution < 1.29 is 153 Å². The number of carbonyl (C=O) groups is 9. The lowest BCUT2D eigenvalue weighted by atomic mass is 9.84. The number of fused-ring (bicyclic) bond motifs is 15. The number of aromatic hydroxyl groups is 3. The van der Waals surface area contributed by atoms with Gasteiger partial charge in [0.25, 0.3) is 5.91 Å². The molecule has 6 aromatic carbocycles. The number of nitrogens with one attached hydrogen (secondary N) is 10. The van der Waals surface area contributed by atoms with E-state index in [4.69, 9.17) is 62.1 Å². The van der Waals surface area contributed by atoms with Gasteiger partial charge < -0.3 is 169 Å². The first kappa shape index (κ1) is 102. The van der Waals surface area contributed by atoms with Crippen LogP contribution in [0.5, 0.6) is 51.7 Å². The number of ether oxygens (including phenoxy) is 7. The molecule has 11 bridgehead atoms. The Morgan fingerprint density at radius 3 is 1.92 bits per heavy atom. The van der Waals surface area contributed by atoms with E-state index in [1.54, 1.807) is 27.7 Å². The zero-order valence-corrected chi connectivity index (χ0v) is 73.9. The first-order valence-corrected chi connectivity index (χ1v) is 43.4. The summed E-state index contributed by atoms with van der Waals surface area (Å²) in [5.41, 5.74) is 1.44. The molecule has 0 saturated carbocycles. The van der Waals surface area contributed by atoms with E-state index in [2.05, 4.69) is 60.1 Å². The number of hydrogen-bond donors (Lipinski definition) is 26. The summed E-state index contributed by atoms with van der Waals surface area (Å²) in [6, 6.07) is 4.83. The number of unbranched alkanes of at least 4 members (excludes halogenated alkanes) is 2. The Balaban J connectivity index is 1.07. The number of carbonyl (C=O) groups excluding carboxylic acids is 8. The molecule has 22 atom stereocenters. The number of hydrogen-bond acceptors (Lipinski definition) is 33. The molecule has 0 spiro atoms. The van der Waals surface area contributed by atoms with Crippen LogP contribution in [0.25, 0.3) is 11.1 Å². The van der Waals surface area contributed by atoms with Gasteiger partial charge in [0, 0.05) is 48.3 Å². The van der Waals surface area contributed by atoms with Crippen LogP contribution >= 0.6 is 23.2 Å². The number of rotatable bonds is 32. The minimum absolute atomic E-state index is 0.0175. The molecule has 27 N–H and O–H groups in total. The van der Waals surface area contributed by atoms with Crippen molar-refractivity contribution in [3.63, 3.8) is 0 Å². The van der Waals surface area contributed by atoms with Gasteiger partial charge in [0.15, 0.2) is 36.0 Å². The molecule has 7 aliphatic heterocycles. The lowest BCUT2D eigenvalue weighted by Gasteiger charge is -2.48. The average molecular weight is 1890 g/mol. The summed E-state index contributed by atoms with van der Waals surface area (Å²) in [7, 11) is 1.46. The SMILES string of the molecule is CCCCCOc1ccc(CN[C@@]2(C)C[C@H](O[C@H]3[C@H](Oc4c5cc6cc4Oc4ccc(cc4Cl)[C@@H](O)[C@@H](NC(=O)[C@@H](CC(C)C)NC)C(=O)N[C@@H](CC(N)=O)C(=O)N[C@H]6C(=O)N[C@H]4C(=O)N[C@H](C(=O)N[C@H](C(=O)O)c6cc(O)c(CNCCCNC(=O)[C@H](O)[C@@H](O)[C@H](O)[C@H](O)CO)c(O)c6-c6cc4ccc6O)[C@H](O)c4ccc(c(Cl)c4)O5)O[C@H](CO)[C@@H](O)[C@@H]3O)O[C@@H](C)[C@H]2O)cc1. The second-order valence-electron chi connectivity index (χ2n) is 33.4. The molecule has 42 nitrogen and oxygen atoms in total. The number of halogens is 2. The van der Waals surface area contributed by atoms with E-state index in [1.165, 1.54) is 19.2 Å². The quantitative estimate of drug-likeness (QED) is 0.0238. The van der Waals surface area contributed by atoms with Crippen LogP contribution in [-0.2, 0) is 70.5 Å². The highest BCUT2D eigenvalue weighted by Crippen LogP contribution is 2.51. The van der Waals surface area contributed by atoms with Gasteiger partial charge in [-0.3, -0.25) is 38.4 Å². The summed E-state index contributed by atoms with van der Waals surface area (Å²) < 4.78 is 45.5. The van der Waals surface area contributed by atoms with Crippen molar-refractivity contribution in [1.29, 1.82) is 0 Å². The molecule has 8 amide bonds. The van der Waals surface area contributed by atoms with Gasteiger partial charge in [-0.05, 0) is 147 Å². The van der Waals surface area contributed by atoms with Crippen LogP contribution in [0.2, 0.25) is 10.0 Å². The van der Waals surface area contributed by atoms with E-state index >= 15 is 24.0 Å². The predicted molar refractivity (Wildman–Crippen MR) is 464 cm³/mol. The number of likely N-dealkylation sites (N-methyl/N-ethyl adjacent to an activating group) is 1. The Hall–Kier alpha value is -11.0.